The maximum absolute atomic E-state index is 12.2. The van der Waals surface area contributed by atoms with E-state index in [1.165, 1.54) is 11.1 Å². The van der Waals surface area contributed by atoms with Crippen LogP contribution in [0.1, 0.15) is 29.5 Å². The lowest BCUT2D eigenvalue weighted by atomic mass is 10.1. The van der Waals surface area contributed by atoms with E-state index in [0.29, 0.717) is 0 Å². The second-order valence-electron chi connectivity index (χ2n) is 6.84. The van der Waals surface area contributed by atoms with Crippen molar-refractivity contribution in [3.8, 4) is 5.75 Å². The van der Waals surface area contributed by atoms with Gasteiger partial charge < -0.3 is 15.0 Å². The number of aryl methyl sites for hydroxylation is 1. The van der Waals surface area contributed by atoms with E-state index in [1.54, 1.807) is 0 Å². The predicted molar refractivity (Wildman–Crippen MR) is 104 cm³/mol. The molecule has 4 nitrogen and oxygen atoms in total. The van der Waals surface area contributed by atoms with Crippen LogP contribution in [0, 0.1) is 6.92 Å². The topological polar surface area (TPSA) is 41.6 Å². The zero-order chi connectivity index (χ0) is 18.2. The molecule has 1 aliphatic rings. The number of hydrogen-bond acceptors (Lipinski definition) is 3. The zero-order valence-corrected chi connectivity index (χ0v) is 15.5. The lowest BCUT2D eigenvalue weighted by Gasteiger charge is -2.17. The highest BCUT2D eigenvalue weighted by Gasteiger charge is 2.18. The maximum Gasteiger partial charge on any atom is 0.260 e. The van der Waals surface area contributed by atoms with E-state index in [1.807, 2.05) is 23.1 Å². The van der Waals surface area contributed by atoms with E-state index in [-0.39, 0.29) is 12.5 Å². The van der Waals surface area contributed by atoms with Crippen LogP contribution in [0.2, 0.25) is 0 Å². The molecule has 1 fully saturated rings. The molecular weight excluding hydrogens is 324 g/mol. The van der Waals surface area contributed by atoms with Gasteiger partial charge in [-0.2, -0.15) is 0 Å². The Bertz CT molecular complexity index is 724. The van der Waals surface area contributed by atoms with Gasteiger partial charge in [0.25, 0.3) is 5.91 Å². The Hall–Kier alpha value is -2.33. The SMILES string of the molecule is Cc1ccccc1CCNCc1ccccc1OCC(=O)N1CCCC1. The molecule has 0 spiro atoms. The van der Waals surface area contributed by atoms with Gasteiger partial charge in [-0.15, -0.1) is 0 Å². The number of rotatable bonds is 8. The Morgan fingerprint density at radius 2 is 1.73 bits per heavy atom. The predicted octanol–water partition coefficient (Wildman–Crippen LogP) is 3.33. The van der Waals surface area contributed by atoms with Crippen LogP contribution in [-0.2, 0) is 17.8 Å². The summed E-state index contributed by atoms with van der Waals surface area (Å²) >= 11 is 0. The number of likely N-dealkylation sites (tertiary alicyclic amines) is 1. The number of carbonyl (C=O) groups excluding carboxylic acids is 1. The lowest BCUT2D eigenvalue weighted by molar-refractivity contribution is -0.132. The van der Waals surface area contributed by atoms with Crippen molar-refractivity contribution in [1.29, 1.82) is 0 Å². The van der Waals surface area contributed by atoms with Gasteiger partial charge in [0.05, 0.1) is 0 Å². The molecule has 26 heavy (non-hydrogen) atoms. The molecule has 0 radical (unpaired) electrons. The fourth-order valence-corrected chi connectivity index (χ4v) is 3.32. The molecule has 0 aliphatic carbocycles. The van der Waals surface area contributed by atoms with Crippen molar-refractivity contribution in [1.82, 2.24) is 10.2 Å². The van der Waals surface area contributed by atoms with Gasteiger partial charge in [-0.25, -0.2) is 0 Å². The van der Waals surface area contributed by atoms with Crippen molar-refractivity contribution >= 4 is 5.91 Å². The molecule has 1 N–H and O–H groups in total. The zero-order valence-electron chi connectivity index (χ0n) is 15.5. The van der Waals surface area contributed by atoms with E-state index >= 15 is 0 Å². The number of amides is 1. The fourth-order valence-electron chi connectivity index (χ4n) is 3.32. The Morgan fingerprint density at radius 3 is 2.50 bits per heavy atom. The number of ether oxygens (including phenoxy) is 1. The third-order valence-corrected chi connectivity index (χ3v) is 4.93. The average Bonchev–Trinajstić information content (AvgIpc) is 3.20. The summed E-state index contributed by atoms with van der Waals surface area (Å²) in [6, 6.07) is 16.4. The molecule has 0 saturated carbocycles. The first kappa shape index (κ1) is 18.5. The van der Waals surface area contributed by atoms with Crippen molar-refractivity contribution in [3.63, 3.8) is 0 Å². The minimum Gasteiger partial charge on any atom is -0.483 e. The van der Waals surface area contributed by atoms with Crippen molar-refractivity contribution < 1.29 is 9.53 Å². The molecule has 2 aromatic carbocycles. The highest BCUT2D eigenvalue weighted by molar-refractivity contribution is 5.78. The van der Waals surface area contributed by atoms with E-state index in [0.717, 1.165) is 56.8 Å². The van der Waals surface area contributed by atoms with Gasteiger partial charge in [-0.05, 0) is 49.9 Å². The highest BCUT2D eigenvalue weighted by atomic mass is 16.5. The molecule has 0 unspecified atom stereocenters. The molecule has 0 atom stereocenters. The third kappa shape index (κ3) is 5.09. The average molecular weight is 352 g/mol. The number of nitrogens with zero attached hydrogens (tertiary/aromatic N) is 1. The minimum absolute atomic E-state index is 0.0878. The van der Waals surface area contributed by atoms with Crippen LogP contribution in [0.5, 0.6) is 5.75 Å². The molecule has 1 saturated heterocycles. The first-order chi connectivity index (χ1) is 12.7. The molecule has 0 aromatic heterocycles. The Morgan fingerprint density at radius 1 is 1.04 bits per heavy atom. The number of nitrogens with one attached hydrogen (secondary N) is 1. The van der Waals surface area contributed by atoms with Gasteiger partial charge in [-0.3, -0.25) is 4.79 Å². The van der Waals surface area contributed by atoms with Crippen molar-refractivity contribution in [2.24, 2.45) is 0 Å². The molecular formula is C22H28N2O2. The monoisotopic (exact) mass is 352 g/mol. The van der Waals surface area contributed by atoms with E-state index in [9.17, 15) is 4.79 Å². The standard InChI is InChI=1S/C22H28N2O2/c1-18-8-2-3-9-19(18)12-13-23-16-20-10-4-5-11-21(20)26-17-22(25)24-14-6-7-15-24/h2-5,8-11,23H,6-7,12-17H2,1H3. The van der Waals surface area contributed by atoms with Crippen LogP contribution in [0.25, 0.3) is 0 Å². The highest BCUT2D eigenvalue weighted by Crippen LogP contribution is 2.18. The smallest absolute Gasteiger partial charge is 0.260 e. The van der Waals surface area contributed by atoms with Crippen molar-refractivity contribution in [2.45, 2.75) is 32.7 Å². The number of hydrogen-bond donors (Lipinski definition) is 1. The second-order valence-corrected chi connectivity index (χ2v) is 6.84. The van der Waals surface area contributed by atoms with E-state index < -0.39 is 0 Å². The summed E-state index contributed by atoms with van der Waals surface area (Å²) in [7, 11) is 0. The summed E-state index contributed by atoms with van der Waals surface area (Å²) in [5, 5.41) is 3.49. The van der Waals surface area contributed by atoms with Crippen LogP contribution < -0.4 is 10.1 Å². The van der Waals surface area contributed by atoms with Crippen molar-refractivity contribution in [3.05, 3.63) is 65.2 Å². The largest absolute Gasteiger partial charge is 0.483 e. The minimum atomic E-state index is 0.0878. The normalized spacial score (nSPS) is 13.8. The van der Waals surface area contributed by atoms with Crippen LogP contribution >= 0.6 is 0 Å². The summed E-state index contributed by atoms with van der Waals surface area (Å²) in [6.45, 7) is 5.65. The number of benzene rings is 2. The Balaban J connectivity index is 1.47. The lowest BCUT2D eigenvalue weighted by Crippen LogP contribution is -2.32. The van der Waals surface area contributed by atoms with Gasteiger partial charge in [0.2, 0.25) is 0 Å². The Kier molecular flexibility index (Phi) is 6.67. The molecule has 1 heterocycles. The van der Waals surface area contributed by atoms with Crippen LogP contribution in [0.4, 0.5) is 0 Å². The summed E-state index contributed by atoms with van der Waals surface area (Å²) in [5.74, 6) is 0.883. The van der Waals surface area contributed by atoms with Gasteiger partial charge >= 0.3 is 0 Å². The quantitative estimate of drug-likeness (QED) is 0.741. The molecule has 0 bridgehead atoms. The maximum atomic E-state index is 12.2. The third-order valence-electron chi connectivity index (χ3n) is 4.93. The van der Waals surface area contributed by atoms with Gasteiger partial charge in [0.15, 0.2) is 6.61 Å². The summed E-state index contributed by atoms with van der Waals surface area (Å²) in [6.07, 6.45) is 3.21. The summed E-state index contributed by atoms with van der Waals surface area (Å²) in [5.41, 5.74) is 3.80. The van der Waals surface area contributed by atoms with Gasteiger partial charge in [-0.1, -0.05) is 42.5 Å². The van der Waals surface area contributed by atoms with E-state index in [4.69, 9.17) is 4.74 Å². The van der Waals surface area contributed by atoms with Crippen molar-refractivity contribution in [2.75, 3.05) is 26.2 Å². The van der Waals surface area contributed by atoms with Crippen LogP contribution in [-0.4, -0.2) is 37.0 Å². The molecule has 1 amide bonds. The van der Waals surface area contributed by atoms with Crippen LogP contribution in [0.3, 0.4) is 0 Å². The molecule has 4 heteroatoms. The van der Waals surface area contributed by atoms with Gasteiger partial charge in [0, 0.05) is 25.2 Å². The molecule has 138 valence electrons. The Labute approximate surface area is 156 Å². The molecule has 3 rings (SSSR count). The summed E-state index contributed by atoms with van der Waals surface area (Å²) in [4.78, 5) is 14.1. The second kappa shape index (κ2) is 9.39. The first-order valence-corrected chi connectivity index (χ1v) is 9.48. The number of para-hydroxylation sites is 1. The number of carbonyl (C=O) groups is 1. The van der Waals surface area contributed by atoms with Crippen LogP contribution in [0.15, 0.2) is 48.5 Å². The van der Waals surface area contributed by atoms with E-state index in [2.05, 4.69) is 42.6 Å². The van der Waals surface area contributed by atoms with Gasteiger partial charge in [0.1, 0.15) is 5.75 Å². The molecule has 1 aliphatic heterocycles. The summed E-state index contributed by atoms with van der Waals surface area (Å²) < 4.78 is 5.81. The first-order valence-electron chi connectivity index (χ1n) is 9.48. The fraction of sp³-hybridized carbons (Fsp3) is 0.409. The molecule has 2 aromatic rings.